The molecule has 0 bridgehead atoms. The molecule has 1 rings (SSSR count). The topological polar surface area (TPSA) is 37.4 Å². The van der Waals surface area contributed by atoms with Crippen molar-refractivity contribution in [3.63, 3.8) is 0 Å². The van der Waals surface area contributed by atoms with Gasteiger partial charge in [-0.15, -0.1) is 0 Å². The van der Waals surface area contributed by atoms with Crippen molar-refractivity contribution in [1.29, 1.82) is 0 Å². The van der Waals surface area contributed by atoms with Crippen LogP contribution in [0.3, 0.4) is 0 Å². The summed E-state index contributed by atoms with van der Waals surface area (Å²) in [5.41, 5.74) is 1.21. The van der Waals surface area contributed by atoms with Crippen molar-refractivity contribution in [2.45, 2.75) is 25.6 Å². The van der Waals surface area contributed by atoms with Crippen LogP contribution in [-0.2, 0) is 16.4 Å². The fraction of sp³-hybridized carbons (Fsp3) is 0.571. The van der Waals surface area contributed by atoms with Crippen LogP contribution >= 0.6 is 15.9 Å². The first kappa shape index (κ1) is 16.7. The van der Waals surface area contributed by atoms with E-state index in [9.17, 15) is 8.42 Å². The Morgan fingerprint density at radius 2 is 1.79 bits per heavy atom. The first-order valence-corrected chi connectivity index (χ1v) is 9.33. The van der Waals surface area contributed by atoms with E-state index in [1.54, 1.807) is 13.8 Å². The highest BCUT2D eigenvalue weighted by Gasteiger charge is 2.17. The lowest BCUT2D eigenvalue weighted by Gasteiger charge is -2.22. The molecule has 108 valence electrons. The lowest BCUT2D eigenvalue weighted by molar-refractivity contribution is 0.299. The first-order chi connectivity index (χ1) is 8.95. The molecule has 1 aromatic rings. The van der Waals surface area contributed by atoms with Gasteiger partial charge in [-0.1, -0.05) is 46.3 Å². The van der Waals surface area contributed by atoms with Crippen molar-refractivity contribution in [2.24, 2.45) is 0 Å². The van der Waals surface area contributed by atoms with Gasteiger partial charge in [0.1, 0.15) is 0 Å². The van der Waals surface area contributed by atoms with Crippen LogP contribution in [-0.4, -0.2) is 42.7 Å². The summed E-state index contributed by atoms with van der Waals surface area (Å²) in [6, 6.07) is 10.1. The van der Waals surface area contributed by atoms with E-state index in [1.807, 2.05) is 18.2 Å². The van der Waals surface area contributed by atoms with E-state index in [2.05, 4.69) is 33.0 Å². The Balaban J connectivity index is 2.59. The quantitative estimate of drug-likeness (QED) is 0.678. The third-order valence-electron chi connectivity index (χ3n) is 3.06. The van der Waals surface area contributed by atoms with Gasteiger partial charge in [-0.3, -0.25) is 4.90 Å². The predicted octanol–water partition coefficient (Wildman–Crippen LogP) is 2.71. The Hall–Kier alpha value is -0.390. The Morgan fingerprint density at radius 1 is 1.16 bits per heavy atom. The molecule has 0 aliphatic heterocycles. The second-order valence-electron chi connectivity index (χ2n) is 4.87. The number of sulfone groups is 1. The third-order valence-corrected chi connectivity index (χ3v) is 5.60. The molecule has 0 atom stereocenters. The summed E-state index contributed by atoms with van der Waals surface area (Å²) in [7, 11) is -2.96. The van der Waals surface area contributed by atoms with Crippen molar-refractivity contribution < 1.29 is 8.42 Å². The van der Waals surface area contributed by atoms with E-state index in [-0.39, 0.29) is 11.0 Å². The Kier molecular flexibility index (Phi) is 7.04. The number of alkyl halides is 1. The van der Waals surface area contributed by atoms with Gasteiger partial charge in [0.25, 0.3) is 0 Å². The standard InChI is InChI=1S/C14H22BrNO2S/c1-13(2)19(17,18)11-10-16(9-8-15)12-14-6-4-3-5-7-14/h3-7,13H,8-12H2,1-2H3. The van der Waals surface area contributed by atoms with E-state index in [4.69, 9.17) is 0 Å². The van der Waals surface area contributed by atoms with Crippen LogP contribution in [0, 0.1) is 0 Å². The molecule has 1 aromatic carbocycles. The van der Waals surface area contributed by atoms with E-state index in [0.29, 0.717) is 6.54 Å². The van der Waals surface area contributed by atoms with E-state index >= 15 is 0 Å². The molecular weight excluding hydrogens is 326 g/mol. The third kappa shape index (κ3) is 6.06. The highest BCUT2D eigenvalue weighted by atomic mass is 79.9. The second-order valence-corrected chi connectivity index (χ2v) is 8.34. The van der Waals surface area contributed by atoms with E-state index < -0.39 is 9.84 Å². The Labute approximate surface area is 125 Å². The average Bonchev–Trinajstić information content (AvgIpc) is 2.37. The normalized spacial score (nSPS) is 12.3. The van der Waals surface area contributed by atoms with Crippen LogP contribution in [0.2, 0.25) is 0 Å². The number of rotatable bonds is 8. The van der Waals surface area contributed by atoms with Crippen molar-refractivity contribution in [3.8, 4) is 0 Å². The summed E-state index contributed by atoms with van der Waals surface area (Å²) < 4.78 is 23.7. The maximum absolute atomic E-state index is 11.9. The maximum Gasteiger partial charge on any atom is 0.153 e. The fourth-order valence-electron chi connectivity index (χ4n) is 1.72. The summed E-state index contributed by atoms with van der Waals surface area (Å²) in [5.74, 6) is 0.227. The number of benzene rings is 1. The molecule has 5 heteroatoms. The molecule has 0 spiro atoms. The molecule has 19 heavy (non-hydrogen) atoms. The largest absolute Gasteiger partial charge is 0.297 e. The van der Waals surface area contributed by atoms with Crippen molar-refractivity contribution in [2.75, 3.05) is 24.2 Å². The lowest BCUT2D eigenvalue weighted by atomic mass is 10.2. The van der Waals surface area contributed by atoms with Crippen LogP contribution < -0.4 is 0 Å². The molecule has 0 heterocycles. The van der Waals surface area contributed by atoms with Crippen LogP contribution in [0.5, 0.6) is 0 Å². The minimum atomic E-state index is -2.96. The summed E-state index contributed by atoms with van der Waals surface area (Å²) in [5, 5.41) is 0.553. The van der Waals surface area contributed by atoms with Gasteiger partial charge in [0.2, 0.25) is 0 Å². The number of nitrogens with zero attached hydrogens (tertiary/aromatic N) is 1. The van der Waals surface area contributed by atoms with Crippen LogP contribution in [0.4, 0.5) is 0 Å². The Morgan fingerprint density at radius 3 is 2.32 bits per heavy atom. The van der Waals surface area contributed by atoms with Gasteiger partial charge >= 0.3 is 0 Å². The predicted molar refractivity (Wildman–Crippen MR) is 84.4 cm³/mol. The smallest absolute Gasteiger partial charge is 0.153 e. The summed E-state index contributed by atoms with van der Waals surface area (Å²) in [4.78, 5) is 2.17. The molecule has 0 aliphatic rings. The molecular formula is C14H22BrNO2S. The van der Waals surface area contributed by atoms with Gasteiger partial charge in [-0.25, -0.2) is 8.42 Å². The summed E-state index contributed by atoms with van der Waals surface area (Å²) in [6.45, 7) is 5.70. The molecule has 0 fully saturated rings. The molecule has 0 saturated heterocycles. The van der Waals surface area contributed by atoms with Crippen LogP contribution in [0.1, 0.15) is 19.4 Å². The van der Waals surface area contributed by atoms with E-state index in [1.165, 1.54) is 5.56 Å². The SMILES string of the molecule is CC(C)S(=O)(=O)CCN(CCBr)Cc1ccccc1. The summed E-state index contributed by atoms with van der Waals surface area (Å²) in [6.07, 6.45) is 0. The molecule has 0 saturated carbocycles. The fourth-order valence-corrected chi connectivity index (χ4v) is 3.21. The Bertz CT molecular complexity index is 460. The van der Waals surface area contributed by atoms with Gasteiger partial charge in [-0.2, -0.15) is 0 Å². The van der Waals surface area contributed by atoms with Crippen LogP contribution in [0.25, 0.3) is 0 Å². The van der Waals surface area contributed by atoms with Crippen LogP contribution in [0.15, 0.2) is 30.3 Å². The van der Waals surface area contributed by atoms with Gasteiger partial charge < -0.3 is 0 Å². The monoisotopic (exact) mass is 347 g/mol. The molecule has 0 radical (unpaired) electrons. The van der Waals surface area contributed by atoms with Crippen molar-refractivity contribution in [1.82, 2.24) is 4.90 Å². The molecule has 0 N–H and O–H groups in total. The van der Waals surface area contributed by atoms with Gasteiger partial charge in [0, 0.05) is 25.0 Å². The number of hydrogen-bond donors (Lipinski definition) is 0. The van der Waals surface area contributed by atoms with Gasteiger partial charge in [-0.05, 0) is 19.4 Å². The minimum Gasteiger partial charge on any atom is -0.297 e. The second kappa shape index (κ2) is 8.02. The highest BCUT2D eigenvalue weighted by Crippen LogP contribution is 2.07. The van der Waals surface area contributed by atoms with Crippen molar-refractivity contribution >= 4 is 25.8 Å². The zero-order valence-electron chi connectivity index (χ0n) is 11.5. The zero-order valence-corrected chi connectivity index (χ0v) is 14.0. The molecule has 0 aromatic heterocycles. The number of hydrogen-bond acceptors (Lipinski definition) is 3. The van der Waals surface area contributed by atoms with Gasteiger partial charge in [0.05, 0.1) is 11.0 Å². The van der Waals surface area contributed by atoms with Gasteiger partial charge in [0.15, 0.2) is 9.84 Å². The average molecular weight is 348 g/mol. The number of halogens is 1. The molecule has 0 amide bonds. The maximum atomic E-state index is 11.9. The first-order valence-electron chi connectivity index (χ1n) is 6.49. The van der Waals surface area contributed by atoms with E-state index in [0.717, 1.165) is 18.4 Å². The molecule has 0 aliphatic carbocycles. The molecule has 3 nitrogen and oxygen atoms in total. The highest BCUT2D eigenvalue weighted by molar-refractivity contribution is 9.09. The van der Waals surface area contributed by atoms with Crippen molar-refractivity contribution in [3.05, 3.63) is 35.9 Å². The zero-order chi connectivity index (χ0) is 14.3. The molecule has 0 unspecified atom stereocenters. The summed E-state index contributed by atoms with van der Waals surface area (Å²) >= 11 is 3.42. The minimum absolute atomic E-state index is 0.227. The lowest BCUT2D eigenvalue weighted by Crippen LogP contribution is -2.32.